The Balaban J connectivity index is 1.49. The summed E-state index contributed by atoms with van der Waals surface area (Å²) >= 11 is 3.30. The fourth-order valence-corrected chi connectivity index (χ4v) is 3.15. The standard InChI is InChI=1S/C22H17BrN6O2/c1-14-18(13-26-29(14)20-7-2-3-10-24-20)22(31)27-17-6-4-5-15(11-17)21(30)28-19-9-8-16(23)12-25-19/h2-13H,1H3,(H,27,31)(H,25,28,30). The second kappa shape index (κ2) is 8.88. The Morgan fingerprint density at radius 2 is 1.81 bits per heavy atom. The number of hydrogen-bond acceptors (Lipinski definition) is 5. The minimum atomic E-state index is -0.329. The SMILES string of the molecule is Cc1c(C(=O)Nc2cccc(C(=O)Nc3ccc(Br)cn3)c2)cnn1-c1ccccn1. The first kappa shape index (κ1) is 20.4. The minimum Gasteiger partial charge on any atom is -0.322 e. The lowest BCUT2D eigenvalue weighted by Crippen LogP contribution is -2.15. The van der Waals surface area contributed by atoms with Gasteiger partial charge in [-0.1, -0.05) is 12.1 Å². The quantitative estimate of drug-likeness (QED) is 0.448. The largest absolute Gasteiger partial charge is 0.322 e. The van der Waals surface area contributed by atoms with E-state index >= 15 is 0 Å². The number of rotatable bonds is 5. The summed E-state index contributed by atoms with van der Waals surface area (Å²) in [5.74, 6) is 0.399. The summed E-state index contributed by atoms with van der Waals surface area (Å²) in [5, 5.41) is 9.81. The van der Waals surface area contributed by atoms with E-state index in [2.05, 4.69) is 41.6 Å². The van der Waals surface area contributed by atoms with Crippen LogP contribution in [0.3, 0.4) is 0 Å². The highest BCUT2D eigenvalue weighted by molar-refractivity contribution is 9.10. The van der Waals surface area contributed by atoms with Crippen LogP contribution in [0, 0.1) is 6.92 Å². The summed E-state index contributed by atoms with van der Waals surface area (Å²) in [6, 6.07) is 15.6. The van der Waals surface area contributed by atoms with Crippen molar-refractivity contribution in [3.63, 3.8) is 0 Å². The molecule has 0 radical (unpaired) electrons. The predicted molar refractivity (Wildman–Crippen MR) is 120 cm³/mol. The Labute approximate surface area is 186 Å². The van der Waals surface area contributed by atoms with E-state index < -0.39 is 0 Å². The predicted octanol–water partition coefficient (Wildman–Crippen LogP) is 4.24. The van der Waals surface area contributed by atoms with Gasteiger partial charge in [-0.05, 0) is 65.3 Å². The van der Waals surface area contributed by atoms with Crippen molar-refractivity contribution < 1.29 is 9.59 Å². The lowest BCUT2D eigenvalue weighted by atomic mass is 10.1. The van der Waals surface area contributed by atoms with Crippen LogP contribution >= 0.6 is 15.9 Å². The van der Waals surface area contributed by atoms with E-state index in [1.807, 2.05) is 18.2 Å². The third-order valence-corrected chi connectivity index (χ3v) is 4.94. The number of carbonyl (C=O) groups is 2. The molecule has 4 aromatic rings. The molecule has 0 aliphatic heterocycles. The molecule has 0 saturated carbocycles. The van der Waals surface area contributed by atoms with Crippen LogP contribution in [0.5, 0.6) is 0 Å². The van der Waals surface area contributed by atoms with Crippen LogP contribution < -0.4 is 10.6 Å². The molecular formula is C22H17BrN6O2. The zero-order chi connectivity index (χ0) is 21.8. The third kappa shape index (κ3) is 4.67. The molecule has 0 fully saturated rings. The number of halogens is 1. The number of nitrogens with one attached hydrogen (secondary N) is 2. The van der Waals surface area contributed by atoms with E-state index in [9.17, 15) is 9.59 Å². The number of pyridine rings is 2. The van der Waals surface area contributed by atoms with Gasteiger partial charge in [-0.2, -0.15) is 5.10 Å². The summed E-state index contributed by atoms with van der Waals surface area (Å²) in [6.45, 7) is 1.80. The number of amides is 2. The first-order valence-electron chi connectivity index (χ1n) is 9.31. The van der Waals surface area contributed by atoms with Crippen LogP contribution in [0.2, 0.25) is 0 Å². The zero-order valence-electron chi connectivity index (χ0n) is 16.4. The Morgan fingerprint density at radius 1 is 0.935 bits per heavy atom. The maximum absolute atomic E-state index is 12.8. The molecule has 8 nitrogen and oxygen atoms in total. The van der Waals surface area contributed by atoms with Gasteiger partial charge in [0.2, 0.25) is 0 Å². The number of nitrogens with zero attached hydrogens (tertiary/aromatic N) is 4. The molecule has 3 aromatic heterocycles. The molecule has 1 aromatic carbocycles. The maximum Gasteiger partial charge on any atom is 0.259 e. The second-order valence-electron chi connectivity index (χ2n) is 6.59. The average Bonchev–Trinajstić information content (AvgIpc) is 3.17. The van der Waals surface area contributed by atoms with Gasteiger partial charge in [-0.25, -0.2) is 14.6 Å². The molecule has 2 amide bonds. The number of hydrogen-bond donors (Lipinski definition) is 2. The van der Waals surface area contributed by atoms with Gasteiger partial charge >= 0.3 is 0 Å². The molecule has 0 saturated heterocycles. The van der Waals surface area contributed by atoms with Gasteiger partial charge in [0.15, 0.2) is 5.82 Å². The highest BCUT2D eigenvalue weighted by atomic mass is 79.9. The molecule has 31 heavy (non-hydrogen) atoms. The fraction of sp³-hybridized carbons (Fsp3) is 0.0455. The van der Waals surface area contributed by atoms with E-state index in [-0.39, 0.29) is 11.8 Å². The monoisotopic (exact) mass is 476 g/mol. The number of carbonyl (C=O) groups excluding carboxylic acids is 2. The normalized spacial score (nSPS) is 10.5. The van der Waals surface area contributed by atoms with Crippen molar-refractivity contribution in [1.29, 1.82) is 0 Å². The van der Waals surface area contributed by atoms with Crippen molar-refractivity contribution in [3.8, 4) is 5.82 Å². The van der Waals surface area contributed by atoms with Crippen LogP contribution in [-0.4, -0.2) is 31.6 Å². The summed E-state index contributed by atoms with van der Waals surface area (Å²) in [4.78, 5) is 33.7. The number of benzene rings is 1. The first-order chi connectivity index (χ1) is 15.0. The van der Waals surface area contributed by atoms with Gasteiger partial charge in [0, 0.05) is 28.1 Å². The van der Waals surface area contributed by atoms with Crippen molar-refractivity contribution in [2.75, 3.05) is 10.6 Å². The van der Waals surface area contributed by atoms with Crippen molar-refractivity contribution in [1.82, 2.24) is 19.7 Å². The van der Waals surface area contributed by atoms with Crippen molar-refractivity contribution in [2.24, 2.45) is 0 Å². The molecule has 154 valence electrons. The van der Waals surface area contributed by atoms with Crippen LogP contribution in [-0.2, 0) is 0 Å². The van der Waals surface area contributed by atoms with Gasteiger partial charge in [0.25, 0.3) is 11.8 Å². The van der Waals surface area contributed by atoms with Crippen LogP contribution in [0.4, 0.5) is 11.5 Å². The van der Waals surface area contributed by atoms with Gasteiger partial charge in [0.05, 0.1) is 17.5 Å². The number of anilines is 2. The molecule has 0 unspecified atom stereocenters. The smallest absolute Gasteiger partial charge is 0.259 e. The highest BCUT2D eigenvalue weighted by Crippen LogP contribution is 2.17. The van der Waals surface area contributed by atoms with Crippen molar-refractivity contribution >= 4 is 39.2 Å². The number of aromatic nitrogens is 4. The van der Waals surface area contributed by atoms with E-state index in [0.29, 0.717) is 34.1 Å². The fourth-order valence-electron chi connectivity index (χ4n) is 2.92. The van der Waals surface area contributed by atoms with E-state index in [0.717, 1.165) is 4.47 Å². The molecule has 3 heterocycles. The molecule has 0 aliphatic carbocycles. The topological polar surface area (TPSA) is 102 Å². The zero-order valence-corrected chi connectivity index (χ0v) is 18.0. The first-order valence-corrected chi connectivity index (χ1v) is 10.1. The Morgan fingerprint density at radius 3 is 2.55 bits per heavy atom. The molecule has 0 bridgehead atoms. The third-order valence-electron chi connectivity index (χ3n) is 4.47. The van der Waals surface area contributed by atoms with Crippen LogP contribution in [0.25, 0.3) is 5.82 Å². The molecule has 4 rings (SSSR count). The van der Waals surface area contributed by atoms with Crippen LogP contribution in [0.1, 0.15) is 26.4 Å². The van der Waals surface area contributed by atoms with Gasteiger partial charge in [-0.3, -0.25) is 9.59 Å². The Kier molecular flexibility index (Phi) is 5.85. The van der Waals surface area contributed by atoms with Gasteiger partial charge in [0.1, 0.15) is 5.82 Å². The van der Waals surface area contributed by atoms with E-state index in [4.69, 9.17) is 0 Å². The Hall–Kier alpha value is -3.85. The van der Waals surface area contributed by atoms with Crippen LogP contribution in [0.15, 0.2) is 77.7 Å². The summed E-state index contributed by atoms with van der Waals surface area (Å²) < 4.78 is 2.42. The van der Waals surface area contributed by atoms with Crippen molar-refractivity contribution in [3.05, 3.63) is 94.5 Å². The van der Waals surface area contributed by atoms with Gasteiger partial charge in [-0.15, -0.1) is 0 Å². The average molecular weight is 477 g/mol. The molecule has 9 heteroatoms. The van der Waals surface area contributed by atoms with Gasteiger partial charge < -0.3 is 10.6 Å². The summed E-state index contributed by atoms with van der Waals surface area (Å²) in [6.07, 6.45) is 4.76. The molecule has 0 spiro atoms. The molecule has 0 aliphatic rings. The Bertz CT molecular complexity index is 1240. The van der Waals surface area contributed by atoms with E-state index in [1.54, 1.807) is 60.4 Å². The lowest BCUT2D eigenvalue weighted by Gasteiger charge is -2.08. The lowest BCUT2D eigenvalue weighted by molar-refractivity contribution is 0.101. The minimum absolute atomic E-state index is 0.327. The van der Waals surface area contributed by atoms with Crippen molar-refractivity contribution in [2.45, 2.75) is 6.92 Å². The molecule has 2 N–H and O–H groups in total. The summed E-state index contributed by atoms with van der Waals surface area (Å²) in [5.41, 5.74) is 1.96. The highest BCUT2D eigenvalue weighted by Gasteiger charge is 2.16. The van der Waals surface area contributed by atoms with E-state index in [1.165, 1.54) is 6.20 Å². The molecule has 0 atom stereocenters. The second-order valence-corrected chi connectivity index (χ2v) is 7.51. The maximum atomic E-state index is 12.8. The summed E-state index contributed by atoms with van der Waals surface area (Å²) in [7, 11) is 0. The molecular weight excluding hydrogens is 460 g/mol.